The van der Waals surface area contributed by atoms with Crippen molar-refractivity contribution in [2.24, 2.45) is 29.6 Å². The molecule has 3 fully saturated rings. The highest BCUT2D eigenvalue weighted by Crippen LogP contribution is 2.39. The van der Waals surface area contributed by atoms with Gasteiger partial charge in [0.1, 0.15) is 0 Å². The highest BCUT2D eigenvalue weighted by Gasteiger charge is 2.27. The molecule has 2 atom stereocenters. The fourth-order valence-electron chi connectivity index (χ4n) is 5.05. The Morgan fingerprint density at radius 2 is 0.792 bits per heavy atom. The van der Waals surface area contributed by atoms with E-state index >= 15 is 0 Å². The van der Waals surface area contributed by atoms with Gasteiger partial charge in [-0.05, 0) is 48.9 Å². The second kappa shape index (κ2) is 13.2. The first-order valence-electron chi connectivity index (χ1n) is 10.6. The first-order valence-corrected chi connectivity index (χ1v) is 10.6. The zero-order chi connectivity index (χ0) is 15.8. The van der Waals surface area contributed by atoms with Crippen LogP contribution in [0.5, 0.6) is 0 Å². The molecular formula is C22H48O2. The molecule has 0 heterocycles. The van der Waals surface area contributed by atoms with Crippen molar-refractivity contribution in [3.8, 4) is 0 Å². The van der Waals surface area contributed by atoms with Crippen LogP contribution < -0.4 is 0 Å². The van der Waals surface area contributed by atoms with Crippen molar-refractivity contribution in [3.05, 3.63) is 0 Å². The van der Waals surface area contributed by atoms with Gasteiger partial charge in [0.25, 0.3) is 0 Å². The van der Waals surface area contributed by atoms with Crippen molar-refractivity contribution in [2.45, 2.75) is 111 Å². The molecule has 3 saturated carbocycles. The molecule has 148 valence electrons. The molecule has 0 saturated heterocycles. The minimum Gasteiger partial charge on any atom is -0.412 e. The molecule has 1 unspecified atom stereocenters. The van der Waals surface area contributed by atoms with E-state index < -0.39 is 0 Å². The van der Waals surface area contributed by atoms with Crippen molar-refractivity contribution in [2.75, 3.05) is 0 Å². The Hall–Kier alpha value is -0.0800. The largest absolute Gasteiger partial charge is 0.412 e. The van der Waals surface area contributed by atoms with E-state index in [9.17, 15) is 0 Å². The van der Waals surface area contributed by atoms with Gasteiger partial charge in [-0.25, -0.2) is 0 Å². The van der Waals surface area contributed by atoms with Gasteiger partial charge in [-0.15, -0.1) is 0 Å². The van der Waals surface area contributed by atoms with Crippen LogP contribution in [0.4, 0.5) is 0 Å². The lowest BCUT2D eigenvalue weighted by Gasteiger charge is -2.32. The van der Waals surface area contributed by atoms with E-state index in [2.05, 4.69) is 20.8 Å². The molecule has 0 bridgehead atoms. The highest BCUT2D eigenvalue weighted by atomic mass is 16.0. The second-order valence-corrected chi connectivity index (χ2v) is 9.14. The summed E-state index contributed by atoms with van der Waals surface area (Å²) in [7, 11) is 0. The third kappa shape index (κ3) is 8.85. The summed E-state index contributed by atoms with van der Waals surface area (Å²) in [5.74, 6) is 5.27. The zero-order valence-corrected chi connectivity index (χ0v) is 16.8. The van der Waals surface area contributed by atoms with Gasteiger partial charge in [-0.1, -0.05) is 91.4 Å². The van der Waals surface area contributed by atoms with Crippen LogP contribution in [0, 0.1) is 29.6 Å². The quantitative estimate of drug-likeness (QED) is 0.507. The minimum atomic E-state index is 0. The standard InChI is InChI=1S/C15H28.C7H14.2H2O.H2/c1-12-4-3-5-14(9-6-12)15-10-7-13(2)8-11-15;1-7-5-3-2-4-6-7;;;/h12-15H,3-11H2,1-2H3;7H,2-6H2,1H3;2*1H2;1H/t12?,13?,14-,15?;;;;/m0..../s1. The topological polar surface area (TPSA) is 63.0 Å². The van der Waals surface area contributed by atoms with Crippen molar-refractivity contribution in [1.29, 1.82) is 0 Å². The second-order valence-electron chi connectivity index (χ2n) is 9.14. The highest BCUT2D eigenvalue weighted by molar-refractivity contribution is 4.79. The third-order valence-electron chi connectivity index (χ3n) is 6.92. The molecule has 4 N–H and O–H groups in total. The summed E-state index contributed by atoms with van der Waals surface area (Å²) in [5.41, 5.74) is 0. The van der Waals surface area contributed by atoms with Crippen LogP contribution in [0.25, 0.3) is 0 Å². The molecule has 0 radical (unpaired) electrons. The van der Waals surface area contributed by atoms with Gasteiger partial charge < -0.3 is 11.0 Å². The van der Waals surface area contributed by atoms with E-state index in [0.29, 0.717) is 0 Å². The normalized spacial score (nSPS) is 34.6. The molecule has 0 aliphatic heterocycles. The maximum atomic E-state index is 2.45. The summed E-state index contributed by atoms with van der Waals surface area (Å²) in [6, 6.07) is 0. The number of rotatable bonds is 1. The molecule has 3 aliphatic rings. The molecule has 3 aliphatic carbocycles. The van der Waals surface area contributed by atoms with Gasteiger partial charge in [0, 0.05) is 1.43 Å². The Bertz CT molecular complexity index is 284. The zero-order valence-electron chi connectivity index (χ0n) is 16.8. The minimum absolute atomic E-state index is 0. The van der Waals surface area contributed by atoms with E-state index in [1.165, 1.54) is 64.2 Å². The van der Waals surface area contributed by atoms with Gasteiger partial charge in [0.2, 0.25) is 0 Å². The average Bonchev–Trinajstić information content (AvgIpc) is 2.74. The summed E-state index contributed by atoms with van der Waals surface area (Å²) in [5, 5.41) is 0. The smallest absolute Gasteiger partial charge is 0 e. The Morgan fingerprint density at radius 1 is 0.417 bits per heavy atom. The van der Waals surface area contributed by atoms with Gasteiger partial charge in [-0.2, -0.15) is 0 Å². The average molecular weight is 345 g/mol. The molecule has 0 spiro atoms. The van der Waals surface area contributed by atoms with Crippen molar-refractivity contribution < 1.29 is 12.4 Å². The summed E-state index contributed by atoms with van der Waals surface area (Å²) < 4.78 is 0. The van der Waals surface area contributed by atoms with Crippen molar-refractivity contribution in [1.82, 2.24) is 0 Å². The van der Waals surface area contributed by atoms with Crippen LogP contribution in [-0.2, 0) is 0 Å². The Labute approximate surface area is 153 Å². The van der Waals surface area contributed by atoms with E-state index in [1.807, 2.05) is 0 Å². The first kappa shape index (κ1) is 23.9. The fraction of sp³-hybridized carbons (Fsp3) is 1.00. The van der Waals surface area contributed by atoms with E-state index in [4.69, 9.17) is 0 Å². The predicted octanol–water partition coefficient (Wildman–Crippen LogP) is 6.21. The molecule has 0 aromatic heterocycles. The SMILES string of the molecule is CC1CCC([C@H]2CCCC(C)CC2)CC1.CC1CCCCC1.O.O.[HH]. The van der Waals surface area contributed by atoms with E-state index in [0.717, 1.165) is 29.6 Å². The van der Waals surface area contributed by atoms with Gasteiger partial charge >= 0.3 is 0 Å². The molecule has 2 heteroatoms. The van der Waals surface area contributed by atoms with Crippen LogP contribution in [-0.4, -0.2) is 11.0 Å². The van der Waals surface area contributed by atoms with Crippen LogP contribution in [0.1, 0.15) is 112 Å². The Morgan fingerprint density at radius 3 is 1.25 bits per heavy atom. The van der Waals surface area contributed by atoms with Crippen molar-refractivity contribution in [3.63, 3.8) is 0 Å². The van der Waals surface area contributed by atoms with Crippen LogP contribution in [0.3, 0.4) is 0 Å². The molecule has 0 aromatic rings. The maximum absolute atomic E-state index is 2.45. The summed E-state index contributed by atoms with van der Waals surface area (Å²) in [6.45, 7) is 7.25. The molecule has 0 aromatic carbocycles. The predicted molar refractivity (Wildman–Crippen MR) is 108 cm³/mol. The molecule has 2 nitrogen and oxygen atoms in total. The number of hydrogen-bond donors (Lipinski definition) is 0. The molecule has 3 rings (SSSR count). The lowest BCUT2D eigenvalue weighted by molar-refractivity contribution is 0.195. The van der Waals surface area contributed by atoms with Gasteiger partial charge in [0.15, 0.2) is 0 Å². The summed E-state index contributed by atoms with van der Waals surface area (Å²) in [4.78, 5) is 0. The fourth-order valence-corrected chi connectivity index (χ4v) is 5.05. The van der Waals surface area contributed by atoms with Crippen LogP contribution >= 0.6 is 0 Å². The van der Waals surface area contributed by atoms with E-state index in [-0.39, 0.29) is 12.4 Å². The van der Waals surface area contributed by atoms with Gasteiger partial charge in [-0.3, -0.25) is 0 Å². The Balaban J connectivity index is 0. The lowest BCUT2D eigenvalue weighted by atomic mass is 9.74. The van der Waals surface area contributed by atoms with Crippen LogP contribution in [0.2, 0.25) is 0 Å². The first-order chi connectivity index (χ1) is 10.6. The van der Waals surface area contributed by atoms with Crippen molar-refractivity contribution >= 4 is 0 Å². The van der Waals surface area contributed by atoms with Gasteiger partial charge in [0.05, 0.1) is 0 Å². The molecule has 0 amide bonds. The Kier molecular flexibility index (Phi) is 13.1. The molecule has 24 heavy (non-hydrogen) atoms. The maximum Gasteiger partial charge on any atom is 0 e. The lowest BCUT2D eigenvalue weighted by Crippen LogP contribution is -2.20. The van der Waals surface area contributed by atoms with E-state index in [1.54, 1.807) is 25.7 Å². The summed E-state index contributed by atoms with van der Waals surface area (Å²) >= 11 is 0. The van der Waals surface area contributed by atoms with Crippen LogP contribution in [0.15, 0.2) is 0 Å². The monoisotopic (exact) mass is 344 g/mol. The summed E-state index contributed by atoms with van der Waals surface area (Å²) in [6.07, 6.45) is 21.2. The molecular weight excluding hydrogens is 296 g/mol. The third-order valence-corrected chi connectivity index (χ3v) is 6.92. The number of hydrogen-bond acceptors (Lipinski definition) is 0.